The van der Waals surface area contributed by atoms with Gasteiger partial charge >= 0.3 is 5.97 Å². The Morgan fingerprint density at radius 1 is 1.17 bits per heavy atom. The van der Waals surface area contributed by atoms with Crippen molar-refractivity contribution in [2.24, 2.45) is 0 Å². The summed E-state index contributed by atoms with van der Waals surface area (Å²) in [4.78, 5) is 23.7. The highest BCUT2D eigenvalue weighted by molar-refractivity contribution is 5.95. The minimum atomic E-state index is -0.687. The van der Waals surface area contributed by atoms with Gasteiger partial charge in [0.05, 0.1) is 11.3 Å². The molecule has 24 heavy (non-hydrogen) atoms. The fraction of sp³-hybridized carbons (Fsp3) is 0.176. The SMILES string of the molecule is Cc1ccc(F)c(NC(=O)COC(=O)c2ccc3c(c2)OCO3)c1. The zero-order valence-electron chi connectivity index (χ0n) is 12.8. The normalized spacial score (nSPS) is 11.9. The molecule has 6 nitrogen and oxygen atoms in total. The van der Waals surface area contributed by atoms with E-state index in [2.05, 4.69) is 5.32 Å². The minimum Gasteiger partial charge on any atom is -0.454 e. The maximum Gasteiger partial charge on any atom is 0.338 e. The van der Waals surface area contributed by atoms with Crippen molar-refractivity contribution in [2.75, 3.05) is 18.7 Å². The molecule has 3 rings (SSSR count). The lowest BCUT2D eigenvalue weighted by Crippen LogP contribution is -2.21. The minimum absolute atomic E-state index is 0.0409. The Morgan fingerprint density at radius 3 is 2.79 bits per heavy atom. The van der Waals surface area contributed by atoms with Crippen LogP contribution in [0, 0.1) is 12.7 Å². The van der Waals surface area contributed by atoms with E-state index in [9.17, 15) is 14.0 Å². The second-order valence-corrected chi connectivity index (χ2v) is 5.18. The van der Waals surface area contributed by atoms with Crippen LogP contribution >= 0.6 is 0 Å². The first kappa shape index (κ1) is 15.8. The zero-order chi connectivity index (χ0) is 17.1. The first-order valence-corrected chi connectivity index (χ1v) is 7.16. The molecule has 2 aromatic carbocycles. The number of hydrogen-bond donors (Lipinski definition) is 1. The smallest absolute Gasteiger partial charge is 0.338 e. The van der Waals surface area contributed by atoms with E-state index >= 15 is 0 Å². The summed E-state index contributed by atoms with van der Waals surface area (Å²) in [5, 5.41) is 2.36. The van der Waals surface area contributed by atoms with Crippen molar-refractivity contribution in [1.29, 1.82) is 0 Å². The van der Waals surface area contributed by atoms with Gasteiger partial charge in [-0.25, -0.2) is 9.18 Å². The number of aryl methyl sites for hydroxylation is 1. The van der Waals surface area contributed by atoms with Gasteiger partial charge in [0.1, 0.15) is 5.82 Å². The van der Waals surface area contributed by atoms with Gasteiger partial charge < -0.3 is 19.5 Å². The molecule has 0 unspecified atom stereocenters. The molecule has 2 aromatic rings. The molecule has 0 saturated carbocycles. The summed E-state index contributed by atoms with van der Waals surface area (Å²) in [6.07, 6.45) is 0. The Balaban J connectivity index is 1.58. The number of amides is 1. The molecule has 1 amide bonds. The molecule has 0 bridgehead atoms. The van der Waals surface area contributed by atoms with Crippen molar-refractivity contribution >= 4 is 17.6 Å². The van der Waals surface area contributed by atoms with Gasteiger partial charge in [-0.3, -0.25) is 4.79 Å². The third-order valence-electron chi connectivity index (χ3n) is 3.34. The molecule has 0 saturated heterocycles. The molecule has 7 heteroatoms. The van der Waals surface area contributed by atoms with E-state index in [0.717, 1.165) is 5.56 Å². The Hall–Kier alpha value is -3.09. The van der Waals surface area contributed by atoms with Crippen LogP contribution in [0.5, 0.6) is 11.5 Å². The van der Waals surface area contributed by atoms with E-state index in [-0.39, 0.29) is 18.0 Å². The van der Waals surface area contributed by atoms with Crippen LogP contribution in [-0.2, 0) is 9.53 Å². The number of benzene rings is 2. The lowest BCUT2D eigenvalue weighted by Gasteiger charge is -2.08. The molecule has 0 fully saturated rings. The molecular weight excluding hydrogens is 317 g/mol. The van der Waals surface area contributed by atoms with Gasteiger partial charge in [0.15, 0.2) is 18.1 Å². The number of halogens is 1. The molecule has 1 aliphatic rings. The van der Waals surface area contributed by atoms with Crippen LogP contribution in [0.3, 0.4) is 0 Å². The molecule has 0 aliphatic carbocycles. The van der Waals surface area contributed by atoms with E-state index in [4.69, 9.17) is 14.2 Å². The summed E-state index contributed by atoms with van der Waals surface area (Å²) >= 11 is 0. The highest BCUT2D eigenvalue weighted by Crippen LogP contribution is 2.32. The van der Waals surface area contributed by atoms with Crippen molar-refractivity contribution in [3.63, 3.8) is 0 Å². The van der Waals surface area contributed by atoms with E-state index in [1.54, 1.807) is 19.1 Å². The number of carbonyl (C=O) groups excluding carboxylic acids is 2. The molecule has 1 aliphatic heterocycles. The van der Waals surface area contributed by atoms with Gasteiger partial charge in [0, 0.05) is 0 Å². The maximum atomic E-state index is 13.6. The van der Waals surface area contributed by atoms with E-state index in [0.29, 0.717) is 11.5 Å². The maximum absolute atomic E-state index is 13.6. The van der Waals surface area contributed by atoms with Gasteiger partial charge in [-0.05, 0) is 42.8 Å². The first-order valence-electron chi connectivity index (χ1n) is 7.16. The Labute approximate surface area is 137 Å². The predicted molar refractivity (Wildman–Crippen MR) is 82.6 cm³/mol. The summed E-state index contributed by atoms with van der Waals surface area (Å²) in [6, 6.07) is 8.90. The summed E-state index contributed by atoms with van der Waals surface area (Å²) in [5.74, 6) is -0.896. The van der Waals surface area contributed by atoms with Gasteiger partial charge in [0.2, 0.25) is 6.79 Å². The number of rotatable bonds is 4. The van der Waals surface area contributed by atoms with Gasteiger partial charge in [-0.2, -0.15) is 0 Å². The zero-order valence-corrected chi connectivity index (χ0v) is 12.8. The third-order valence-corrected chi connectivity index (χ3v) is 3.34. The summed E-state index contributed by atoms with van der Waals surface area (Å²) in [6.45, 7) is 1.34. The molecular formula is C17H14FNO5. The number of fused-ring (bicyclic) bond motifs is 1. The summed E-state index contributed by atoms with van der Waals surface area (Å²) in [5.41, 5.74) is 1.07. The van der Waals surface area contributed by atoms with Crippen LogP contribution in [0.2, 0.25) is 0 Å². The van der Waals surface area contributed by atoms with Crippen molar-refractivity contribution in [2.45, 2.75) is 6.92 Å². The fourth-order valence-corrected chi connectivity index (χ4v) is 2.16. The lowest BCUT2D eigenvalue weighted by atomic mass is 10.2. The number of esters is 1. The predicted octanol–water partition coefficient (Wildman–Crippen LogP) is 2.66. The van der Waals surface area contributed by atoms with Crippen molar-refractivity contribution in [3.05, 3.63) is 53.3 Å². The van der Waals surface area contributed by atoms with Crippen LogP contribution in [0.4, 0.5) is 10.1 Å². The Bertz CT molecular complexity index is 806. The molecule has 0 aromatic heterocycles. The quantitative estimate of drug-likeness (QED) is 0.872. The van der Waals surface area contributed by atoms with Crippen LogP contribution in [0.25, 0.3) is 0 Å². The lowest BCUT2D eigenvalue weighted by molar-refractivity contribution is -0.119. The van der Waals surface area contributed by atoms with Gasteiger partial charge in [-0.15, -0.1) is 0 Å². The number of anilines is 1. The molecule has 0 spiro atoms. The average molecular weight is 331 g/mol. The standard InChI is InChI=1S/C17H14FNO5/c1-10-2-4-12(18)13(6-10)19-16(20)8-22-17(21)11-3-5-14-15(7-11)24-9-23-14/h2-7H,8-9H2,1H3,(H,19,20). The number of ether oxygens (including phenoxy) is 3. The largest absolute Gasteiger partial charge is 0.454 e. The van der Waals surface area contributed by atoms with Crippen molar-refractivity contribution < 1.29 is 28.2 Å². The Morgan fingerprint density at radius 2 is 1.96 bits per heavy atom. The number of nitrogens with one attached hydrogen (secondary N) is 1. The fourth-order valence-electron chi connectivity index (χ4n) is 2.16. The van der Waals surface area contributed by atoms with Gasteiger partial charge in [0.25, 0.3) is 5.91 Å². The number of hydrogen-bond acceptors (Lipinski definition) is 5. The second-order valence-electron chi connectivity index (χ2n) is 5.18. The highest BCUT2D eigenvalue weighted by Gasteiger charge is 2.18. The van der Waals surface area contributed by atoms with E-state index in [1.165, 1.54) is 24.3 Å². The van der Waals surface area contributed by atoms with Crippen molar-refractivity contribution in [3.8, 4) is 11.5 Å². The molecule has 1 heterocycles. The second kappa shape index (κ2) is 6.57. The van der Waals surface area contributed by atoms with Gasteiger partial charge in [-0.1, -0.05) is 6.07 Å². The first-order chi connectivity index (χ1) is 11.5. The van der Waals surface area contributed by atoms with Crippen molar-refractivity contribution in [1.82, 2.24) is 0 Å². The van der Waals surface area contributed by atoms with E-state index < -0.39 is 24.3 Å². The Kier molecular flexibility index (Phi) is 4.33. The average Bonchev–Trinajstić information content (AvgIpc) is 3.03. The van der Waals surface area contributed by atoms with Crippen LogP contribution in [0.15, 0.2) is 36.4 Å². The molecule has 0 radical (unpaired) electrons. The van der Waals surface area contributed by atoms with Crippen LogP contribution in [0.1, 0.15) is 15.9 Å². The highest BCUT2D eigenvalue weighted by atomic mass is 19.1. The topological polar surface area (TPSA) is 73.9 Å². The summed E-state index contributed by atoms with van der Waals surface area (Å²) < 4.78 is 28.8. The molecule has 124 valence electrons. The van der Waals surface area contributed by atoms with E-state index in [1.807, 2.05) is 0 Å². The number of carbonyl (C=O) groups is 2. The van der Waals surface area contributed by atoms with Crippen LogP contribution in [-0.4, -0.2) is 25.3 Å². The molecule has 1 N–H and O–H groups in total. The van der Waals surface area contributed by atoms with Crippen LogP contribution < -0.4 is 14.8 Å². The molecule has 0 atom stereocenters. The third kappa shape index (κ3) is 3.45. The summed E-state index contributed by atoms with van der Waals surface area (Å²) in [7, 11) is 0. The monoisotopic (exact) mass is 331 g/mol.